The second kappa shape index (κ2) is 9.22. The van der Waals surface area contributed by atoms with E-state index in [1.54, 1.807) is 24.1 Å². The minimum Gasteiger partial charge on any atom is -0.360 e. The highest BCUT2D eigenvalue weighted by atomic mass is 79.9. The Bertz CT molecular complexity index is 1000. The highest BCUT2D eigenvalue weighted by molar-refractivity contribution is 9.10. The van der Waals surface area contributed by atoms with Gasteiger partial charge in [-0.1, -0.05) is 46.6 Å². The molecule has 0 aliphatic carbocycles. The number of ketones is 1. The number of aryl methyl sites for hydroxylation is 1. The van der Waals surface area contributed by atoms with Gasteiger partial charge in [-0.05, 0) is 38.5 Å². The molecule has 152 valence electrons. The van der Waals surface area contributed by atoms with Crippen LogP contribution in [0.5, 0.6) is 0 Å². The molecule has 3 rings (SSSR count). The largest absolute Gasteiger partial charge is 0.360 e. The minimum absolute atomic E-state index is 0.102. The van der Waals surface area contributed by atoms with Crippen molar-refractivity contribution in [3.63, 3.8) is 0 Å². The minimum atomic E-state index is -0.228. The maximum atomic E-state index is 13.2. The molecule has 7 heteroatoms. The molecule has 0 fully saturated rings. The van der Waals surface area contributed by atoms with Gasteiger partial charge >= 0.3 is 0 Å². The van der Waals surface area contributed by atoms with Gasteiger partial charge in [0.2, 0.25) is 0 Å². The highest BCUT2D eigenvalue weighted by Crippen LogP contribution is 2.28. The van der Waals surface area contributed by atoms with Crippen molar-refractivity contribution in [3.05, 3.63) is 63.6 Å². The van der Waals surface area contributed by atoms with Gasteiger partial charge in [0.05, 0.1) is 5.56 Å². The molecule has 1 amide bonds. The lowest BCUT2D eigenvalue weighted by atomic mass is 9.99. The van der Waals surface area contributed by atoms with E-state index in [4.69, 9.17) is 4.52 Å². The van der Waals surface area contributed by atoms with Gasteiger partial charge in [0.25, 0.3) is 5.91 Å². The van der Waals surface area contributed by atoms with Gasteiger partial charge in [0.1, 0.15) is 17.1 Å². The molecule has 0 radical (unpaired) electrons. The fourth-order valence-electron chi connectivity index (χ4n) is 3.16. The first kappa shape index (κ1) is 21.0. The molecule has 0 aliphatic rings. The molecule has 0 saturated heterocycles. The number of halogens is 1. The van der Waals surface area contributed by atoms with Gasteiger partial charge in [0, 0.05) is 34.9 Å². The third kappa shape index (κ3) is 4.50. The van der Waals surface area contributed by atoms with E-state index in [1.165, 1.54) is 0 Å². The zero-order chi connectivity index (χ0) is 21.0. The predicted octanol–water partition coefficient (Wildman–Crippen LogP) is 5.23. The van der Waals surface area contributed by atoms with Crippen molar-refractivity contribution in [2.75, 3.05) is 13.1 Å². The third-order valence-corrected chi connectivity index (χ3v) is 5.36. The molecular formula is C22H24BrN3O3. The second-order valence-electron chi connectivity index (χ2n) is 6.84. The number of amides is 1. The fourth-order valence-corrected chi connectivity index (χ4v) is 3.42. The van der Waals surface area contributed by atoms with Crippen molar-refractivity contribution >= 4 is 27.6 Å². The summed E-state index contributed by atoms with van der Waals surface area (Å²) in [5.74, 6) is 0.115. The molecule has 6 nitrogen and oxygen atoms in total. The van der Waals surface area contributed by atoms with Gasteiger partial charge in [-0.25, -0.2) is 0 Å². The average Bonchev–Trinajstić information content (AvgIpc) is 3.36. The van der Waals surface area contributed by atoms with Crippen LogP contribution in [-0.2, 0) is 0 Å². The molecule has 2 heterocycles. The number of aromatic nitrogens is 2. The number of aromatic amines is 1. The SMILES string of the molecule is CCCCN(CC)C(=O)c1cc(C(=O)c2c(-c3ccc(Br)cc3)noc2C)c[nH]1. The van der Waals surface area contributed by atoms with E-state index < -0.39 is 0 Å². The lowest BCUT2D eigenvalue weighted by Gasteiger charge is -2.19. The molecule has 0 spiro atoms. The summed E-state index contributed by atoms with van der Waals surface area (Å²) >= 11 is 3.41. The van der Waals surface area contributed by atoms with Gasteiger partial charge in [-0.3, -0.25) is 9.59 Å². The number of H-pyrrole nitrogens is 1. The van der Waals surface area contributed by atoms with Crippen LogP contribution in [0.25, 0.3) is 11.3 Å². The molecule has 3 aromatic rings. The third-order valence-electron chi connectivity index (χ3n) is 4.83. The molecule has 29 heavy (non-hydrogen) atoms. The van der Waals surface area contributed by atoms with Crippen LogP contribution >= 0.6 is 15.9 Å². The Morgan fingerprint density at radius 1 is 1.21 bits per heavy atom. The summed E-state index contributed by atoms with van der Waals surface area (Å²) in [7, 11) is 0. The Balaban J connectivity index is 1.88. The molecule has 1 aromatic carbocycles. The monoisotopic (exact) mass is 457 g/mol. The van der Waals surface area contributed by atoms with Crippen molar-refractivity contribution in [2.24, 2.45) is 0 Å². The normalized spacial score (nSPS) is 10.9. The topological polar surface area (TPSA) is 79.2 Å². The lowest BCUT2D eigenvalue weighted by molar-refractivity contribution is 0.0757. The van der Waals surface area contributed by atoms with Crippen LogP contribution in [0.15, 0.2) is 45.5 Å². The molecule has 0 bridgehead atoms. The number of carbonyl (C=O) groups is 2. The maximum absolute atomic E-state index is 13.2. The van der Waals surface area contributed by atoms with Crippen LogP contribution in [-0.4, -0.2) is 39.8 Å². The van der Waals surface area contributed by atoms with Crippen molar-refractivity contribution in [1.82, 2.24) is 15.0 Å². The highest BCUT2D eigenvalue weighted by Gasteiger charge is 2.25. The van der Waals surface area contributed by atoms with Crippen LogP contribution in [0.4, 0.5) is 0 Å². The fraction of sp³-hybridized carbons (Fsp3) is 0.318. The van der Waals surface area contributed by atoms with E-state index in [0.717, 1.165) is 22.9 Å². The van der Waals surface area contributed by atoms with E-state index >= 15 is 0 Å². The standard InChI is InChI=1S/C22H24BrN3O3/c1-4-6-11-26(5-2)22(28)18-12-16(13-24-18)21(27)19-14(3)29-25-20(19)15-7-9-17(23)10-8-15/h7-10,12-13,24H,4-6,11H2,1-3H3. The zero-order valence-electron chi connectivity index (χ0n) is 16.8. The Morgan fingerprint density at radius 2 is 1.93 bits per heavy atom. The number of unbranched alkanes of at least 4 members (excludes halogenated alkanes) is 1. The number of hydrogen-bond acceptors (Lipinski definition) is 4. The van der Waals surface area contributed by atoms with E-state index in [2.05, 4.69) is 33.0 Å². The molecule has 0 atom stereocenters. The van der Waals surface area contributed by atoms with E-state index in [1.807, 2.05) is 31.2 Å². The van der Waals surface area contributed by atoms with Crippen LogP contribution < -0.4 is 0 Å². The zero-order valence-corrected chi connectivity index (χ0v) is 18.4. The van der Waals surface area contributed by atoms with Crippen LogP contribution in [0.1, 0.15) is 58.9 Å². The smallest absolute Gasteiger partial charge is 0.270 e. The van der Waals surface area contributed by atoms with E-state index in [9.17, 15) is 9.59 Å². The Kier molecular flexibility index (Phi) is 6.69. The number of benzene rings is 1. The maximum Gasteiger partial charge on any atom is 0.270 e. The van der Waals surface area contributed by atoms with Gasteiger partial charge in [-0.15, -0.1) is 0 Å². The quantitative estimate of drug-likeness (QED) is 0.469. The summed E-state index contributed by atoms with van der Waals surface area (Å²) in [4.78, 5) is 30.7. The van der Waals surface area contributed by atoms with Crippen LogP contribution in [0.2, 0.25) is 0 Å². The summed E-state index contributed by atoms with van der Waals surface area (Å²) in [5.41, 5.74) is 2.50. The summed E-state index contributed by atoms with van der Waals surface area (Å²) < 4.78 is 6.25. The first-order valence-electron chi connectivity index (χ1n) is 9.70. The lowest BCUT2D eigenvalue weighted by Crippen LogP contribution is -2.31. The summed E-state index contributed by atoms with van der Waals surface area (Å²) in [6.07, 6.45) is 3.54. The first-order chi connectivity index (χ1) is 14.0. The van der Waals surface area contributed by atoms with Crippen molar-refractivity contribution in [1.29, 1.82) is 0 Å². The molecule has 0 saturated carbocycles. The number of nitrogens with zero attached hydrogens (tertiary/aromatic N) is 2. The predicted molar refractivity (Wildman–Crippen MR) is 115 cm³/mol. The number of nitrogens with one attached hydrogen (secondary N) is 1. The van der Waals surface area contributed by atoms with E-state index in [-0.39, 0.29) is 11.7 Å². The number of carbonyl (C=O) groups excluding carboxylic acids is 2. The van der Waals surface area contributed by atoms with Crippen molar-refractivity contribution < 1.29 is 14.1 Å². The molecular weight excluding hydrogens is 434 g/mol. The van der Waals surface area contributed by atoms with Crippen LogP contribution in [0.3, 0.4) is 0 Å². The van der Waals surface area contributed by atoms with Crippen LogP contribution in [0, 0.1) is 6.92 Å². The summed E-state index contributed by atoms with van der Waals surface area (Å²) in [6.45, 7) is 7.08. The molecule has 1 N–H and O–H groups in total. The number of rotatable bonds is 8. The van der Waals surface area contributed by atoms with E-state index in [0.29, 0.717) is 41.4 Å². The Hall–Kier alpha value is -2.67. The van der Waals surface area contributed by atoms with Crippen molar-refractivity contribution in [3.8, 4) is 11.3 Å². The van der Waals surface area contributed by atoms with Gasteiger partial charge in [0.15, 0.2) is 5.78 Å². The molecule has 0 unspecified atom stereocenters. The number of hydrogen-bond donors (Lipinski definition) is 1. The van der Waals surface area contributed by atoms with Gasteiger partial charge < -0.3 is 14.4 Å². The van der Waals surface area contributed by atoms with Crippen molar-refractivity contribution in [2.45, 2.75) is 33.6 Å². The van der Waals surface area contributed by atoms with Gasteiger partial charge in [-0.2, -0.15) is 0 Å². The summed E-state index contributed by atoms with van der Waals surface area (Å²) in [6, 6.07) is 9.12. The Morgan fingerprint density at radius 3 is 2.59 bits per heavy atom. The second-order valence-corrected chi connectivity index (χ2v) is 7.75. The Labute approximate surface area is 178 Å². The first-order valence-corrected chi connectivity index (χ1v) is 10.5. The molecule has 0 aliphatic heterocycles. The summed E-state index contributed by atoms with van der Waals surface area (Å²) in [5, 5.41) is 4.08. The molecule has 2 aromatic heterocycles. The average molecular weight is 458 g/mol.